The summed E-state index contributed by atoms with van der Waals surface area (Å²) in [5, 5.41) is 7.29. The lowest BCUT2D eigenvalue weighted by Crippen LogP contribution is -2.37. The zero-order valence-corrected chi connectivity index (χ0v) is 14.3. The summed E-state index contributed by atoms with van der Waals surface area (Å²) in [7, 11) is 0. The largest absolute Gasteiger partial charge is 0.354 e. The minimum absolute atomic E-state index is 0.0339. The van der Waals surface area contributed by atoms with E-state index < -0.39 is 0 Å². The van der Waals surface area contributed by atoms with Gasteiger partial charge in [0.15, 0.2) is 5.65 Å². The van der Waals surface area contributed by atoms with Gasteiger partial charge in [0.1, 0.15) is 11.5 Å². The molecule has 3 aromatic rings. The van der Waals surface area contributed by atoms with E-state index in [1.807, 2.05) is 30.5 Å². The van der Waals surface area contributed by atoms with Crippen molar-refractivity contribution in [2.75, 3.05) is 18.0 Å². The Bertz CT molecular complexity index is 882. The number of amides is 1. The maximum atomic E-state index is 12.4. The van der Waals surface area contributed by atoms with Gasteiger partial charge in [-0.1, -0.05) is 13.3 Å². The third-order valence-electron chi connectivity index (χ3n) is 4.60. The molecular weight excluding hydrogens is 316 g/mol. The SMILES string of the molecule is CCCc1ccc(C(=O)N[C@@H]2CCN(c3ccn4nccc4n3)C2)[nH]1. The van der Waals surface area contributed by atoms with E-state index in [-0.39, 0.29) is 11.9 Å². The highest BCUT2D eigenvalue weighted by atomic mass is 16.2. The van der Waals surface area contributed by atoms with Crippen LogP contribution in [0.4, 0.5) is 5.82 Å². The Hall–Kier alpha value is -2.83. The highest BCUT2D eigenvalue weighted by Crippen LogP contribution is 2.19. The molecule has 7 heteroatoms. The van der Waals surface area contributed by atoms with E-state index in [1.165, 1.54) is 0 Å². The quantitative estimate of drug-likeness (QED) is 0.746. The predicted molar refractivity (Wildman–Crippen MR) is 95.9 cm³/mol. The van der Waals surface area contributed by atoms with Gasteiger partial charge in [0.2, 0.25) is 0 Å². The van der Waals surface area contributed by atoms with Gasteiger partial charge in [0.25, 0.3) is 5.91 Å². The van der Waals surface area contributed by atoms with Crippen molar-refractivity contribution >= 4 is 17.4 Å². The van der Waals surface area contributed by atoms with Crippen LogP contribution < -0.4 is 10.2 Å². The molecule has 25 heavy (non-hydrogen) atoms. The van der Waals surface area contributed by atoms with Crippen LogP contribution in [0, 0.1) is 0 Å². The number of aromatic nitrogens is 4. The summed E-state index contributed by atoms with van der Waals surface area (Å²) in [6, 6.07) is 7.84. The number of rotatable bonds is 5. The first-order valence-corrected chi connectivity index (χ1v) is 8.77. The highest BCUT2D eigenvalue weighted by molar-refractivity contribution is 5.92. The molecule has 0 aromatic carbocycles. The molecule has 2 N–H and O–H groups in total. The number of hydrogen-bond donors (Lipinski definition) is 2. The van der Waals surface area contributed by atoms with Crippen LogP contribution in [-0.2, 0) is 6.42 Å². The Labute approximate surface area is 146 Å². The smallest absolute Gasteiger partial charge is 0.267 e. The molecule has 0 unspecified atom stereocenters. The van der Waals surface area contributed by atoms with Gasteiger partial charge in [-0.15, -0.1) is 0 Å². The average molecular weight is 338 g/mol. The van der Waals surface area contributed by atoms with E-state index in [9.17, 15) is 4.79 Å². The van der Waals surface area contributed by atoms with Gasteiger partial charge in [-0.2, -0.15) is 5.10 Å². The third kappa shape index (κ3) is 3.22. The minimum atomic E-state index is -0.0339. The Morgan fingerprint density at radius 2 is 2.28 bits per heavy atom. The van der Waals surface area contributed by atoms with Crippen LogP contribution >= 0.6 is 0 Å². The van der Waals surface area contributed by atoms with Crippen molar-refractivity contribution in [3.63, 3.8) is 0 Å². The average Bonchev–Trinajstić information content (AvgIpc) is 3.34. The monoisotopic (exact) mass is 338 g/mol. The first-order valence-electron chi connectivity index (χ1n) is 8.77. The molecule has 0 spiro atoms. The second kappa shape index (κ2) is 6.58. The zero-order chi connectivity index (χ0) is 17.2. The van der Waals surface area contributed by atoms with Gasteiger partial charge < -0.3 is 15.2 Å². The van der Waals surface area contributed by atoms with Crippen LogP contribution in [0.15, 0.2) is 36.7 Å². The number of H-pyrrole nitrogens is 1. The summed E-state index contributed by atoms with van der Waals surface area (Å²) >= 11 is 0. The molecule has 1 fully saturated rings. The molecule has 0 saturated carbocycles. The predicted octanol–water partition coefficient (Wildman–Crippen LogP) is 2.02. The number of nitrogens with one attached hydrogen (secondary N) is 2. The Kier molecular flexibility index (Phi) is 4.13. The van der Waals surface area contributed by atoms with Gasteiger partial charge in [-0.25, -0.2) is 9.50 Å². The molecule has 0 bridgehead atoms. The maximum absolute atomic E-state index is 12.4. The van der Waals surface area contributed by atoms with Gasteiger partial charge in [0.05, 0.1) is 6.20 Å². The molecule has 1 aliphatic heterocycles. The second-order valence-electron chi connectivity index (χ2n) is 6.47. The zero-order valence-electron chi connectivity index (χ0n) is 14.3. The number of carbonyl (C=O) groups excluding carboxylic acids is 1. The number of hydrogen-bond acceptors (Lipinski definition) is 4. The van der Waals surface area contributed by atoms with Crippen LogP contribution in [0.5, 0.6) is 0 Å². The van der Waals surface area contributed by atoms with Gasteiger partial charge >= 0.3 is 0 Å². The lowest BCUT2D eigenvalue weighted by atomic mass is 10.2. The van der Waals surface area contributed by atoms with Crippen LogP contribution in [0.1, 0.15) is 35.9 Å². The number of aromatic amines is 1. The molecule has 3 aromatic heterocycles. The van der Waals surface area contributed by atoms with Crippen LogP contribution in [0.3, 0.4) is 0 Å². The first-order chi connectivity index (χ1) is 12.2. The summed E-state index contributed by atoms with van der Waals surface area (Å²) < 4.78 is 1.75. The maximum Gasteiger partial charge on any atom is 0.267 e. The minimum Gasteiger partial charge on any atom is -0.354 e. The van der Waals surface area contributed by atoms with Crippen molar-refractivity contribution in [2.24, 2.45) is 0 Å². The summed E-state index contributed by atoms with van der Waals surface area (Å²) in [5.41, 5.74) is 2.58. The van der Waals surface area contributed by atoms with Crippen LogP contribution in [0.25, 0.3) is 5.65 Å². The first kappa shape index (κ1) is 15.7. The summed E-state index contributed by atoms with van der Waals surface area (Å²) in [5.74, 6) is 0.892. The molecule has 0 radical (unpaired) electrons. The molecule has 1 saturated heterocycles. The van der Waals surface area contributed by atoms with Crippen molar-refractivity contribution in [1.29, 1.82) is 0 Å². The molecule has 1 amide bonds. The van der Waals surface area contributed by atoms with E-state index in [1.54, 1.807) is 10.7 Å². The summed E-state index contributed by atoms with van der Waals surface area (Å²) in [6.45, 7) is 3.78. The lowest BCUT2D eigenvalue weighted by molar-refractivity contribution is 0.0936. The second-order valence-corrected chi connectivity index (χ2v) is 6.47. The molecule has 4 rings (SSSR count). The van der Waals surface area contributed by atoms with Gasteiger partial charge in [0, 0.05) is 37.1 Å². The molecule has 1 atom stereocenters. The molecular formula is C18H22N6O. The molecule has 0 aliphatic carbocycles. The molecule has 1 aliphatic rings. The van der Waals surface area contributed by atoms with Crippen molar-refractivity contribution in [3.05, 3.63) is 48.0 Å². The number of anilines is 1. The van der Waals surface area contributed by atoms with Gasteiger partial charge in [-0.05, 0) is 31.0 Å². The Balaban J connectivity index is 1.39. The molecule has 4 heterocycles. The number of fused-ring (bicyclic) bond motifs is 1. The third-order valence-corrected chi connectivity index (χ3v) is 4.60. The molecule has 7 nitrogen and oxygen atoms in total. The number of aryl methyl sites for hydroxylation is 1. The normalized spacial score (nSPS) is 17.3. The van der Waals surface area contributed by atoms with E-state index >= 15 is 0 Å². The number of nitrogens with zero attached hydrogens (tertiary/aromatic N) is 4. The van der Waals surface area contributed by atoms with Crippen molar-refractivity contribution in [1.82, 2.24) is 24.9 Å². The van der Waals surface area contributed by atoms with E-state index in [4.69, 9.17) is 0 Å². The number of carbonyl (C=O) groups is 1. The van der Waals surface area contributed by atoms with Crippen LogP contribution in [-0.4, -0.2) is 44.6 Å². The van der Waals surface area contributed by atoms with E-state index in [0.717, 1.165) is 49.5 Å². The van der Waals surface area contributed by atoms with Crippen molar-refractivity contribution in [2.45, 2.75) is 32.2 Å². The fraction of sp³-hybridized carbons (Fsp3) is 0.389. The molecule has 130 valence electrons. The standard InChI is InChI=1S/C18H22N6O/c1-2-3-13-4-5-15(20-13)18(25)21-14-7-10-23(12-14)16-8-11-24-17(22-16)6-9-19-24/h4-6,8-9,11,14,20H,2-3,7,10,12H2,1H3,(H,21,25)/t14-/m1/s1. The fourth-order valence-electron chi connectivity index (χ4n) is 3.32. The summed E-state index contributed by atoms with van der Waals surface area (Å²) in [6.07, 6.45) is 6.60. The van der Waals surface area contributed by atoms with Crippen molar-refractivity contribution in [3.8, 4) is 0 Å². The lowest BCUT2D eigenvalue weighted by Gasteiger charge is -2.18. The summed E-state index contributed by atoms with van der Waals surface area (Å²) in [4.78, 5) is 22.4. The topological polar surface area (TPSA) is 78.3 Å². The highest BCUT2D eigenvalue weighted by Gasteiger charge is 2.25. The van der Waals surface area contributed by atoms with Crippen molar-refractivity contribution < 1.29 is 4.79 Å². The van der Waals surface area contributed by atoms with E-state index in [0.29, 0.717) is 5.69 Å². The Morgan fingerprint density at radius 3 is 3.16 bits per heavy atom. The van der Waals surface area contributed by atoms with Gasteiger partial charge in [-0.3, -0.25) is 4.79 Å². The fourth-order valence-corrected chi connectivity index (χ4v) is 3.32. The Morgan fingerprint density at radius 1 is 1.36 bits per heavy atom. The van der Waals surface area contributed by atoms with Crippen LogP contribution in [0.2, 0.25) is 0 Å². The van der Waals surface area contributed by atoms with E-state index in [2.05, 4.69) is 32.2 Å².